The molecule has 1 saturated heterocycles. The number of nitrogens with zero attached hydrogens (tertiary/aromatic N) is 3. The van der Waals surface area contributed by atoms with Crippen molar-refractivity contribution in [3.05, 3.63) is 76.1 Å². The van der Waals surface area contributed by atoms with E-state index in [0.29, 0.717) is 0 Å². The molecule has 0 aromatic heterocycles. The summed E-state index contributed by atoms with van der Waals surface area (Å²) in [6, 6.07) is 17.4. The van der Waals surface area contributed by atoms with Crippen molar-refractivity contribution in [3.8, 4) is 0 Å². The van der Waals surface area contributed by atoms with E-state index in [1.807, 2.05) is 0 Å². The molecule has 0 bridgehead atoms. The average Bonchev–Trinajstić information content (AvgIpc) is 2.61. The Morgan fingerprint density at radius 3 is 1.57 bits per heavy atom. The predicted molar refractivity (Wildman–Crippen MR) is 122 cm³/mol. The van der Waals surface area contributed by atoms with Gasteiger partial charge in [0.15, 0.2) is 0 Å². The summed E-state index contributed by atoms with van der Waals surface area (Å²) in [6.45, 7) is 4.24. The monoisotopic (exact) mass is 399 g/mol. The first-order chi connectivity index (χ1) is 13.1. The SMILES string of the molecule is Cc1ccc(/C=C2\C(c3ccc(C)cc3)OP2(N(C)C)(N(C)C)N(C)C)cc1. The summed E-state index contributed by atoms with van der Waals surface area (Å²) in [6.07, 6.45) is 2.29. The van der Waals surface area contributed by atoms with Crippen LogP contribution in [0.2, 0.25) is 0 Å². The molecule has 0 aliphatic carbocycles. The Balaban J connectivity index is 2.23. The summed E-state index contributed by atoms with van der Waals surface area (Å²) >= 11 is 0. The molecule has 152 valence electrons. The number of aryl methyl sites for hydroxylation is 2. The molecule has 5 heteroatoms. The van der Waals surface area contributed by atoms with Gasteiger partial charge in [-0.15, -0.1) is 0 Å². The molecule has 4 nitrogen and oxygen atoms in total. The van der Waals surface area contributed by atoms with Crippen molar-refractivity contribution in [3.63, 3.8) is 0 Å². The van der Waals surface area contributed by atoms with Crippen molar-refractivity contribution in [2.45, 2.75) is 20.0 Å². The Hall–Kier alpha value is -1.55. The molecule has 1 aliphatic rings. The second-order valence-electron chi connectivity index (χ2n) is 8.32. The van der Waals surface area contributed by atoms with Gasteiger partial charge < -0.3 is 0 Å². The van der Waals surface area contributed by atoms with Crippen LogP contribution >= 0.6 is 7.28 Å². The van der Waals surface area contributed by atoms with Gasteiger partial charge in [-0.25, -0.2) is 0 Å². The molecule has 0 amide bonds. The first-order valence-corrected chi connectivity index (χ1v) is 11.7. The summed E-state index contributed by atoms with van der Waals surface area (Å²) in [5, 5.41) is 1.33. The van der Waals surface area contributed by atoms with Crippen molar-refractivity contribution in [2.75, 3.05) is 42.3 Å². The van der Waals surface area contributed by atoms with Crippen molar-refractivity contribution in [1.29, 1.82) is 0 Å². The van der Waals surface area contributed by atoms with Crippen LogP contribution in [0.25, 0.3) is 6.08 Å². The molecule has 3 rings (SSSR count). The summed E-state index contributed by atoms with van der Waals surface area (Å²) in [5.74, 6) is 0. The van der Waals surface area contributed by atoms with Crippen LogP contribution in [0.1, 0.15) is 28.4 Å². The van der Waals surface area contributed by atoms with Crippen LogP contribution in [-0.4, -0.2) is 56.3 Å². The van der Waals surface area contributed by atoms with Crippen LogP contribution < -0.4 is 0 Å². The minimum atomic E-state index is -3.05. The second kappa shape index (κ2) is 7.37. The van der Waals surface area contributed by atoms with Gasteiger partial charge in [0.05, 0.1) is 0 Å². The van der Waals surface area contributed by atoms with Crippen LogP contribution in [0.15, 0.2) is 53.8 Å². The molecule has 1 fully saturated rings. The zero-order valence-electron chi connectivity index (χ0n) is 18.5. The predicted octanol–water partition coefficient (Wildman–Crippen LogP) is 5.31. The maximum absolute atomic E-state index is 6.97. The fraction of sp³-hybridized carbons (Fsp3) is 0.391. The van der Waals surface area contributed by atoms with Gasteiger partial charge in [-0.3, -0.25) is 0 Å². The molecule has 2 aromatic rings. The number of benzene rings is 2. The van der Waals surface area contributed by atoms with E-state index >= 15 is 0 Å². The topological polar surface area (TPSA) is 19.0 Å². The van der Waals surface area contributed by atoms with Gasteiger partial charge in [0.1, 0.15) is 0 Å². The van der Waals surface area contributed by atoms with Crippen molar-refractivity contribution in [1.82, 2.24) is 14.0 Å². The van der Waals surface area contributed by atoms with Gasteiger partial charge in [-0.05, 0) is 0 Å². The number of rotatable bonds is 5. The fourth-order valence-corrected chi connectivity index (χ4v) is 10.2. The Labute approximate surface area is 170 Å². The van der Waals surface area contributed by atoms with Gasteiger partial charge in [0.25, 0.3) is 0 Å². The molecule has 1 aliphatic heterocycles. The zero-order valence-corrected chi connectivity index (χ0v) is 19.4. The molecule has 0 N–H and O–H groups in total. The van der Waals surface area contributed by atoms with Gasteiger partial charge >= 0.3 is 170 Å². The summed E-state index contributed by atoms with van der Waals surface area (Å²) in [4.78, 5) is 0. The molecule has 0 saturated carbocycles. The molecule has 0 radical (unpaired) electrons. The Morgan fingerprint density at radius 2 is 1.14 bits per heavy atom. The Bertz CT molecular complexity index is 845. The van der Waals surface area contributed by atoms with E-state index in [1.54, 1.807) is 0 Å². The third kappa shape index (κ3) is 2.87. The van der Waals surface area contributed by atoms with Gasteiger partial charge in [-0.1, -0.05) is 0 Å². The van der Waals surface area contributed by atoms with E-state index in [0.717, 1.165) is 0 Å². The van der Waals surface area contributed by atoms with Crippen LogP contribution in [0.4, 0.5) is 0 Å². The Morgan fingerprint density at radius 1 is 0.714 bits per heavy atom. The van der Waals surface area contributed by atoms with E-state index < -0.39 is 7.28 Å². The summed E-state index contributed by atoms with van der Waals surface area (Å²) in [5.41, 5.74) is 4.94. The van der Waals surface area contributed by atoms with Gasteiger partial charge in [-0.2, -0.15) is 0 Å². The maximum atomic E-state index is 6.97. The van der Waals surface area contributed by atoms with E-state index in [1.165, 1.54) is 27.6 Å². The molecule has 1 unspecified atom stereocenters. The molecule has 28 heavy (non-hydrogen) atoms. The standard InChI is InChI=1S/C23H34N3OP/c1-18-9-13-20(14-10-18)17-22-23(21-15-11-19(2)12-16-21)27-28(22,24(3)4,25(5)6)26(7)8/h9-17,23H,1-8H3/b22-17+. The van der Waals surface area contributed by atoms with Crippen LogP contribution in [0.5, 0.6) is 0 Å². The van der Waals surface area contributed by atoms with Crippen molar-refractivity contribution in [2.24, 2.45) is 0 Å². The third-order valence-electron chi connectivity index (χ3n) is 5.96. The summed E-state index contributed by atoms with van der Waals surface area (Å²) < 4.78 is 13.8. The normalized spacial score (nSPS) is 23.6. The van der Waals surface area contributed by atoms with Gasteiger partial charge in [0, 0.05) is 0 Å². The van der Waals surface area contributed by atoms with Gasteiger partial charge in [0.2, 0.25) is 0 Å². The Kier molecular flexibility index (Phi) is 5.57. The molecule has 0 spiro atoms. The van der Waals surface area contributed by atoms with Crippen molar-refractivity contribution >= 4 is 13.4 Å². The number of hydrogen-bond donors (Lipinski definition) is 0. The third-order valence-corrected chi connectivity index (χ3v) is 12.1. The summed E-state index contributed by atoms with van der Waals surface area (Å²) in [7, 11) is 9.73. The average molecular weight is 400 g/mol. The molecular weight excluding hydrogens is 365 g/mol. The van der Waals surface area contributed by atoms with Crippen LogP contribution in [0.3, 0.4) is 0 Å². The quantitative estimate of drug-likeness (QED) is 0.634. The van der Waals surface area contributed by atoms with E-state index in [-0.39, 0.29) is 6.10 Å². The molecular formula is C23H34N3OP. The molecule has 2 aromatic carbocycles. The molecule has 1 heterocycles. The second-order valence-corrected chi connectivity index (χ2v) is 13.3. The van der Waals surface area contributed by atoms with E-state index in [4.69, 9.17) is 4.52 Å². The van der Waals surface area contributed by atoms with Crippen LogP contribution in [-0.2, 0) is 4.52 Å². The van der Waals surface area contributed by atoms with Crippen molar-refractivity contribution < 1.29 is 4.52 Å². The van der Waals surface area contributed by atoms with E-state index in [9.17, 15) is 0 Å². The first-order valence-electron chi connectivity index (χ1n) is 9.72. The fourth-order valence-electron chi connectivity index (χ4n) is 4.51. The van der Waals surface area contributed by atoms with Crippen LogP contribution in [0, 0.1) is 13.8 Å². The minimum absolute atomic E-state index is 0.0493. The zero-order chi connectivity index (χ0) is 20.7. The molecule has 1 atom stereocenters. The number of hydrogen-bond acceptors (Lipinski definition) is 4. The first kappa shape index (κ1) is 21.2. The van der Waals surface area contributed by atoms with E-state index in [2.05, 4.69) is 125 Å².